The Morgan fingerprint density at radius 1 is 1.10 bits per heavy atom. The molecule has 0 radical (unpaired) electrons. The van der Waals surface area contributed by atoms with E-state index in [9.17, 15) is 14.9 Å². The van der Waals surface area contributed by atoms with Crippen molar-refractivity contribution in [1.82, 2.24) is 10.3 Å². The number of carbonyl (C=O) groups excluding carboxylic acids is 2. The standard InChI is InChI=1S/C23H23N5O2/c1-3-16-7-8-21-18(11-16)12-19(14-24)22(28-21)25-9-10-26-23(30)27-20-6-4-5-17(13-20)15(2)29/h4-8,11-13H,3,9-10H2,1-2H3,(H,25,28)(H2,26,27,30). The van der Waals surface area contributed by atoms with Crippen LogP contribution in [0.2, 0.25) is 0 Å². The summed E-state index contributed by atoms with van der Waals surface area (Å²) in [6, 6.07) is 16.4. The Hall–Kier alpha value is -3.92. The molecule has 3 N–H and O–H groups in total. The third-order valence-corrected chi connectivity index (χ3v) is 4.64. The number of carbonyl (C=O) groups is 2. The van der Waals surface area contributed by atoms with Crippen molar-refractivity contribution < 1.29 is 9.59 Å². The van der Waals surface area contributed by atoms with E-state index < -0.39 is 0 Å². The van der Waals surface area contributed by atoms with E-state index in [2.05, 4.69) is 33.9 Å². The minimum atomic E-state index is -0.378. The first-order valence-corrected chi connectivity index (χ1v) is 9.73. The summed E-state index contributed by atoms with van der Waals surface area (Å²) < 4.78 is 0. The molecule has 1 heterocycles. The Balaban J connectivity index is 1.56. The van der Waals surface area contributed by atoms with E-state index in [0.717, 1.165) is 17.3 Å². The van der Waals surface area contributed by atoms with Gasteiger partial charge in [0, 0.05) is 29.7 Å². The third kappa shape index (κ3) is 5.11. The number of hydrogen-bond donors (Lipinski definition) is 3. The average molecular weight is 401 g/mol. The Kier molecular flexibility index (Phi) is 6.60. The molecule has 0 atom stereocenters. The summed E-state index contributed by atoms with van der Waals surface area (Å²) in [6.07, 6.45) is 0.921. The van der Waals surface area contributed by atoms with Gasteiger partial charge in [0.15, 0.2) is 5.78 Å². The van der Waals surface area contributed by atoms with Crippen LogP contribution in [0.1, 0.15) is 35.3 Å². The number of fused-ring (bicyclic) bond motifs is 1. The summed E-state index contributed by atoms with van der Waals surface area (Å²) >= 11 is 0. The van der Waals surface area contributed by atoms with Crippen LogP contribution in [-0.2, 0) is 6.42 Å². The number of anilines is 2. The molecular weight excluding hydrogens is 378 g/mol. The zero-order valence-electron chi connectivity index (χ0n) is 17.0. The predicted octanol–water partition coefficient (Wildman–Crippen LogP) is 4.11. The van der Waals surface area contributed by atoms with Crippen LogP contribution >= 0.6 is 0 Å². The van der Waals surface area contributed by atoms with Crippen molar-refractivity contribution in [2.75, 3.05) is 23.7 Å². The molecule has 7 nitrogen and oxygen atoms in total. The van der Waals surface area contributed by atoms with Gasteiger partial charge in [-0.3, -0.25) is 4.79 Å². The first kappa shape index (κ1) is 20.8. The average Bonchev–Trinajstić information content (AvgIpc) is 2.75. The minimum absolute atomic E-state index is 0.0645. The largest absolute Gasteiger partial charge is 0.367 e. The number of urea groups is 1. The summed E-state index contributed by atoms with van der Waals surface area (Å²) in [7, 11) is 0. The number of benzene rings is 2. The number of nitrogens with zero attached hydrogens (tertiary/aromatic N) is 2. The fraction of sp³-hybridized carbons (Fsp3) is 0.217. The van der Waals surface area contributed by atoms with Gasteiger partial charge in [0.25, 0.3) is 0 Å². The van der Waals surface area contributed by atoms with Gasteiger partial charge >= 0.3 is 6.03 Å². The normalized spacial score (nSPS) is 10.3. The fourth-order valence-electron chi connectivity index (χ4n) is 3.01. The lowest BCUT2D eigenvalue weighted by molar-refractivity contribution is 0.101. The summed E-state index contributed by atoms with van der Waals surface area (Å²) in [5.41, 5.74) is 3.54. The second-order valence-corrected chi connectivity index (χ2v) is 6.82. The molecule has 1 aromatic heterocycles. The number of rotatable bonds is 7. The number of hydrogen-bond acceptors (Lipinski definition) is 5. The van der Waals surface area contributed by atoms with Crippen LogP contribution < -0.4 is 16.0 Å². The van der Waals surface area contributed by atoms with Crippen LogP contribution in [0.15, 0.2) is 48.5 Å². The highest BCUT2D eigenvalue weighted by Crippen LogP contribution is 2.21. The zero-order chi connectivity index (χ0) is 21.5. The SMILES string of the molecule is CCc1ccc2nc(NCCNC(=O)Nc3cccc(C(C)=O)c3)c(C#N)cc2c1. The Bertz CT molecular complexity index is 1130. The van der Waals surface area contributed by atoms with E-state index in [0.29, 0.717) is 35.7 Å². The molecule has 0 aliphatic rings. The van der Waals surface area contributed by atoms with Crippen LogP contribution in [0.5, 0.6) is 0 Å². The van der Waals surface area contributed by atoms with Crippen molar-refractivity contribution >= 4 is 34.2 Å². The summed E-state index contributed by atoms with van der Waals surface area (Å²) in [6.45, 7) is 4.29. The second-order valence-electron chi connectivity index (χ2n) is 6.82. The molecule has 152 valence electrons. The highest BCUT2D eigenvalue weighted by molar-refractivity contribution is 5.96. The van der Waals surface area contributed by atoms with E-state index in [1.807, 2.05) is 24.3 Å². The number of nitriles is 1. The van der Waals surface area contributed by atoms with E-state index in [4.69, 9.17) is 0 Å². The highest BCUT2D eigenvalue weighted by atomic mass is 16.2. The van der Waals surface area contributed by atoms with Gasteiger partial charge in [0.05, 0.1) is 11.1 Å². The molecule has 2 aromatic carbocycles. The summed E-state index contributed by atoms with van der Waals surface area (Å²) in [5.74, 6) is 0.427. The Morgan fingerprint density at radius 3 is 2.67 bits per heavy atom. The Labute approximate surface area is 175 Å². The van der Waals surface area contributed by atoms with Crippen molar-refractivity contribution in [2.45, 2.75) is 20.3 Å². The second kappa shape index (κ2) is 9.52. The molecule has 0 unspecified atom stereocenters. The van der Waals surface area contributed by atoms with Crippen molar-refractivity contribution in [3.63, 3.8) is 0 Å². The molecule has 3 rings (SSSR count). The molecule has 0 aliphatic heterocycles. The molecule has 30 heavy (non-hydrogen) atoms. The first-order chi connectivity index (χ1) is 14.5. The topological polar surface area (TPSA) is 107 Å². The molecule has 3 aromatic rings. The van der Waals surface area contributed by atoms with Gasteiger partial charge in [0.2, 0.25) is 0 Å². The smallest absolute Gasteiger partial charge is 0.319 e. The lowest BCUT2D eigenvalue weighted by Gasteiger charge is -2.11. The lowest BCUT2D eigenvalue weighted by Crippen LogP contribution is -2.32. The van der Waals surface area contributed by atoms with E-state index in [1.165, 1.54) is 12.5 Å². The predicted molar refractivity (Wildman–Crippen MR) is 118 cm³/mol. The van der Waals surface area contributed by atoms with Crippen LogP contribution in [0.25, 0.3) is 10.9 Å². The number of pyridine rings is 1. The minimum Gasteiger partial charge on any atom is -0.367 e. The fourth-order valence-corrected chi connectivity index (χ4v) is 3.01. The van der Waals surface area contributed by atoms with Gasteiger partial charge in [-0.15, -0.1) is 0 Å². The number of amides is 2. The molecule has 0 aliphatic carbocycles. The Morgan fingerprint density at radius 2 is 1.93 bits per heavy atom. The molecule has 0 saturated carbocycles. The summed E-state index contributed by atoms with van der Waals surface area (Å²) in [5, 5.41) is 18.9. The molecule has 0 bridgehead atoms. The number of Topliss-reactive ketones (excluding diaryl/α,β-unsaturated/α-hetero) is 1. The van der Waals surface area contributed by atoms with Gasteiger partial charge in [-0.1, -0.05) is 25.1 Å². The molecule has 0 saturated heterocycles. The van der Waals surface area contributed by atoms with Crippen LogP contribution in [0.4, 0.5) is 16.3 Å². The van der Waals surface area contributed by atoms with Crippen molar-refractivity contribution in [3.05, 3.63) is 65.2 Å². The van der Waals surface area contributed by atoms with E-state index in [-0.39, 0.29) is 11.8 Å². The maximum Gasteiger partial charge on any atom is 0.319 e. The maximum absolute atomic E-state index is 12.1. The van der Waals surface area contributed by atoms with Crippen LogP contribution in [-0.4, -0.2) is 29.9 Å². The van der Waals surface area contributed by atoms with Crippen LogP contribution in [0.3, 0.4) is 0 Å². The van der Waals surface area contributed by atoms with Gasteiger partial charge in [-0.05, 0) is 49.2 Å². The van der Waals surface area contributed by atoms with Gasteiger partial charge in [-0.25, -0.2) is 9.78 Å². The monoisotopic (exact) mass is 401 g/mol. The van der Waals surface area contributed by atoms with Crippen molar-refractivity contribution in [2.24, 2.45) is 0 Å². The number of nitrogens with one attached hydrogen (secondary N) is 3. The number of ketones is 1. The number of aryl methyl sites for hydroxylation is 1. The number of aromatic nitrogens is 1. The van der Waals surface area contributed by atoms with E-state index >= 15 is 0 Å². The zero-order valence-corrected chi connectivity index (χ0v) is 17.0. The van der Waals surface area contributed by atoms with Gasteiger partial charge < -0.3 is 16.0 Å². The van der Waals surface area contributed by atoms with Crippen molar-refractivity contribution in [1.29, 1.82) is 5.26 Å². The van der Waals surface area contributed by atoms with Crippen LogP contribution in [0, 0.1) is 11.3 Å². The summed E-state index contributed by atoms with van der Waals surface area (Å²) in [4.78, 5) is 28.0. The van der Waals surface area contributed by atoms with E-state index in [1.54, 1.807) is 24.3 Å². The molecule has 7 heteroatoms. The third-order valence-electron chi connectivity index (χ3n) is 4.64. The van der Waals surface area contributed by atoms with Crippen molar-refractivity contribution in [3.8, 4) is 6.07 Å². The maximum atomic E-state index is 12.1. The highest BCUT2D eigenvalue weighted by Gasteiger charge is 2.08. The molecule has 2 amide bonds. The first-order valence-electron chi connectivity index (χ1n) is 9.73. The quantitative estimate of drug-likeness (QED) is 0.408. The van der Waals surface area contributed by atoms with Gasteiger partial charge in [-0.2, -0.15) is 5.26 Å². The molecule has 0 spiro atoms. The lowest BCUT2D eigenvalue weighted by atomic mass is 10.1. The molecule has 0 fully saturated rings. The molecular formula is C23H23N5O2. The van der Waals surface area contributed by atoms with Gasteiger partial charge in [0.1, 0.15) is 11.9 Å².